The van der Waals surface area contributed by atoms with Crippen molar-refractivity contribution in [1.29, 1.82) is 0 Å². The lowest BCUT2D eigenvalue weighted by atomic mass is 10.2. The van der Waals surface area contributed by atoms with E-state index in [9.17, 15) is 13.2 Å². The maximum Gasteiger partial charge on any atom is 0.343 e. The van der Waals surface area contributed by atoms with Gasteiger partial charge in [-0.15, -0.1) is 0 Å². The zero-order chi connectivity index (χ0) is 20.0. The van der Waals surface area contributed by atoms with Gasteiger partial charge in [0.1, 0.15) is 5.75 Å². The Morgan fingerprint density at radius 3 is 2.36 bits per heavy atom. The van der Waals surface area contributed by atoms with Gasteiger partial charge < -0.3 is 4.74 Å². The van der Waals surface area contributed by atoms with Gasteiger partial charge in [-0.3, -0.25) is 0 Å². The Balaban J connectivity index is 1.61. The Bertz CT molecular complexity index is 1100. The van der Waals surface area contributed by atoms with Gasteiger partial charge in [0.25, 0.3) is 10.0 Å². The van der Waals surface area contributed by atoms with Gasteiger partial charge in [-0.2, -0.15) is 13.5 Å². The number of sulfonamides is 1. The number of esters is 1. The predicted molar refractivity (Wildman–Crippen MR) is 107 cm³/mol. The number of hydrogen-bond acceptors (Lipinski definition) is 5. The molecule has 0 saturated carbocycles. The predicted octanol–water partition coefficient (Wildman–Crippen LogP) is 3.87. The van der Waals surface area contributed by atoms with Gasteiger partial charge in [-0.05, 0) is 60.2 Å². The smallest absolute Gasteiger partial charge is 0.343 e. The van der Waals surface area contributed by atoms with Gasteiger partial charge in [0.2, 0.25) is 0 Å². The molecule has 3 aromatic rings. The molecule has 0 saturated heterocycles. The number of carbonyl (C=O) groups is 1. The highest BCUT2D eigenvalue weighted by Gasteiger charge is 2.11. The molecule has 3 aromatic carbocycles. The van der Waals surface area contributed by atoms with E-state index in [1.54, 1.807) is 60.7 Å². The molecule has 8 heteroatoms. The van der Waals surface area contributed by atoms with Gasteiger partial charge in [0.05, 0.1) is 16.7 Å². The molecule has 0 bridgehead atoms. The zero-order valence-electron chi connectivity index (χ0n) is 14.4. The number of halogens is 1. The van der Waals surface area contributed by atoms with Crippen LogP contribution in [0.2, 0.25) is 5.02 Å². The second kappa shape index (κ2) is 8.69. The topological polar surface area (TPSA) is 84.8 Å². The number of ether oxygens (including phenoxy) is 1. The van der Waals surface area contributed by atoms with Crippen LogP contribution in [0.15, 0.2) is 88.9 Å². The lowest BCUT2D eigenvalue weighted by Crippen LogP contribution is -2.18. The number of nitrogens with zero attached hydrogens (tertiary/aromatic N) is 1. The second-order valence-corrected chi connectivity index (χ2v) is 7.73. The van der Waals surface area contributed by atoms with E-state index in [0.717, 1.165) is 0 Å². The molecule has 0 amide bonds. The maximum atomic E-state index is 12.1. The SMILES string of the molecule is O=C(Oc1ccc(/C=N\NS(=O)(=O)c2ccccc2)cc1)c1cccc(Cl)c1. The van der Waals surface area contributed by atoms with E-state index >= 15 is 0 Å². The highest BCUT2D eigenvalue weighted by molar-refractivity contribution is 7.89. The third-order valence-electron chi connectivity index (χ3n) is 3.59. The quantitative estimate of drug-likeness (QED) is 0.287. The monoisotopic (exact) mass is 414 g/mol. The minimum atomic E-state index is -3.72. The highest BCUT2D eigenvalue weighted by atomic mass is 35.5. The molecule has 0 unspecified atom stereocenters. The molecule has 0 radical (unpaired) electrons. The summed E-state index contributed by atoms with van der Waals surface area (Å²) in [6, 6.07) is 20.8. The van der Waals surface area contributed by atoms with Crippen LogP contribution in [0.4, 0.5) is 0 Å². The van der Waals surface area contributed by atoms with Crippen LogP contribution in [0, 0.1) is 0 Å². The number of hydrazone groups is 1. The van der Waals surface area contributed by atoms with E-state index in [2.05, 4.69) is 9.93 Å². The summed E-state index contributed by atoms with van der Waals surface area (Å²) in [5, 5.41) is 4.20. The summed E-state index contributed by atoms with van der Waals surface area (Å²) in [4.78, 5) is 14.3. The Kier molecular flexibility index (Phi) is 6.08. The van der Waals surface area contributed by atoms with Crippen molar-refractivity contribution in [2.24, 2.45) is 5.10 Å². The third kappa shape index (κ3) is 5.18. The van der Waals surface area contributed by atoms with Crippen LogP contribution in [0.5, 0.6) is 5.75 Å². The first kappa shape index (κ1) is 19.6. The standard InChI is InChI=1S/C20H15ClN2O4S/c21-17-6-4-5-16(13-17)20(24)27-18-11-9-15(10-12-18)14-22-23-28(25,26)19-7-2-1-3-8-19/h1-14,23H/b22-14-. The Hall–Kier alpha value is -3.16. The molecule has 142 valence electrons. The first-order valence-corrected chi connectivity index (χ1v) is 9.98. The van der Waals surface area contributed by atoms with Crippen molar-refractivity contribution < 1.29 is 17.9 Å². The van der Waals surface area contributed by atoms with Crippen LogP contribution in [0.3, 0.4) is 0 Å². The summed E-state index contributed by atoms with van der Waals surface area (Å²) in [6.07, 6.45) is 1.35. The first-order valence-electron chi connectivity index (χ1n) is 8.12. The molecule has 1 N–H and O–H groups in total. The molecule has 6 nitrogen and oxygen atoms in total. The van der Waals surface area contributed by atoms with Gasteiger partial charge in [0.15, 0.2) is 0 Å². The lowest BCUT2D eigenvalue weighted by Gasteiger charge is -2.05. The molecular weight excluding hydrogens is 400 g/mol. The van der Waals surface area contributed by atoms with Crippen LogP contribution in [0.25, 0.3) is 0 Å². The van der Waals surface area contributed by atoms with Crippen LogP contribution >= 0.6 is 11.6 Å². The Labute approximate surface area is 167 Å². The van der Waals surface area contributed by atoms with E-state index in [1.165, 1.54) is 24.4 Å². The molecule has 0 fully saturated rings. The summed E-state index contributed by atoms with van der Waals surface area (Å²) in [6.45, 7) is 0. The molecule has 0 aliphatic rings. The van der Waals surface area contributed by atoms with Gasteiger partial charge >= 0.3 is 5.97 Å². The molecule has 0 aliphatic carbocycles. The van der Waals surface area contributed by atoms with Crippen molar-refractivity contribution in [3.8, 4) is 5.75 Å². The average molecular weight is 415 g/mol. The van der Waals surface area contributed by atoms with Crippen molar-refractivity contribution in [3.05, 3.63) is 95.0 Å². The second-order valence-electron chi connectivity index (χ2n) is 5.63. The lowest BCUT2D eigenvalue weighted by molar-refractivity contribution is 0.0734. The molecule has 0 heterocycles. The van der Waals surface area contributed by atoms with Crippen molar-refractivity contribution >= 4 is 33.8 Å². The largest absolute Gasteiger partial charge is 0.423 e. The van der Waals surface area contributed by atoms with E-state index < -0.39 is 16.0 Å². The van der Waals surface area contributed by atoms with Crippen molar-refractivity contribution in [3.63, 3.8) is 0 Å². The molecular formula is C20H15ClN2O4S. The number of hydrogen-bond donors (Lipinski definition) is 1. The minimum Gasteiger partial charge on any atom is -0.423 e. The van der Waals surface area contributed by atoms with Crippen molar-refractivity contribution in [2.45, 2.75) is 4.90 Å². The van der Waals surface area contributed by atoms with Crippen LogP contribution in [0.1, 0.15) is 15.9 Å². The third-order valence-corrected chi connectivity index (χ3v) is 5.06. The Morgan fingerprint density at radius 1 is 0.964 bits per heavy atom. The molecule has 28 heavy (non-hydrogen) atoms. The fourth-order valence-corrected chi connectivity index (χ4v) is 3.23. The fourth-order valence-electron chi connectivity index (χ4n) is 2.23. The zero-order valence-corrected chi connectivity index (χ0v) is 16.0. The van der Waals surface area contributed by atoms with E-state index in [4.69, 9.17) is 16.3 Å². The van der Waals surface area contributed by atoms with Crippen molar-refractivity contribution in [2.75, 3.05) is 0 Å². The summed E-state index contributed by atoms with van der Waals surface area (Å²) in [5.74, 6) is -0.188. The van der Waals surface area contributed by atoms with Gasteiger partial charge in [0, 0.05) is 5.02 Å². The molecule has 0 atom stereocenters. The summed E-state index contributed by atoms with van der Waals surface area (Å²) >= 11 is 5.86. The van der Waals surface area contributed by atoms with E-state index in [1.807, 2.05) is 0 Å². The van der Waals surface area contributed by atoms with Crippen LogP contribution < -0.4 is 9.57 Å². The average Bonchev–Trinajstić information content (AvgIpc) is 2.70. The summed E-state index contributed by atoms with van der Waals surface area (Å²) in [7, 11) is -3.72. The van der Waals surface area contributed by atoms with Crippen LogP contribution in [-0.2, 0) is 10.0 Å². The fraction of sp³-hybridized carbons (Fsp3) is 0. The molecule has 0 aromatic heterocycles. The summed E-state index contributed by atoms with van der Waals surface area (Å²) in [5.41, 5.74) is 0.965. The first-order chi connectivity index (χ1) is 13.4. The van der Waals surface area contributed by atoms with E-state index in [0.29, 0.717) is 21.9 Å². The number of nitrogens with one attached hydrogen (secondary N) is 1. The van der Waals surface area contributed by atoms with Gasteiger partial charge in [-0.25, -0.2) is 9.63 Å². The number of benzene rings is 3. The van der Waals surface area contributed by atoms with Crippen molar-refractivity contribution in [1.82, 2.24) is 4.83 Å². The Morgan fingerprint density at radius 2 is 1.68 bits per heavy atom. The number of rotatable bonds is 6. The minimum absolute atomic E-state index is 0.121. The number of carbonyl (C=O) groups excluding carboxylic acids is 1. The van der Waals surface area contributed by atoms with Crippen LogP contribution in [-0.4, -0.2) is 20.6 Å². The molecule has 0 spiro atoms. The van der Waals surface area contributed by atoms with Gasteiger partial charge in [-0.1, -0.05) is 35.9 Å². The highest BCUT2D eigenvalue weighted by Crippen LogP contribution is 2.16. The normalized spacial score (nSPS) is 11.3. The van der Waals surface area contributed by atoms with E-state index in [-0.39, 0.29) is 4.90 Å². The maximum absolute atomic E-state index is 12.1. The molecule has 3 rings (SSSR count). The molecule has 0 aliphatic heterocycles. The summed E-state index contributed by atoms with van der Waals surface area (Å²) < 4.78 is 29.4.